The van der Waals surface area contributed by atoms with Crippen molar-refractivity contribution in [1.29, 1.82) is 0 Å². The molecular weight excluding hydrogens is 460 g/mol. The lowest BCUT2D eigenvalue weighted by Crippen LogP contribution is -2.22. The highest BCUT2D eigenvalue weighted by molar-refractivity contribution is 5.90. The molecule has 0 radical (unpaired) electrons. The molecule has 0 fully saturated rings. The summed E-state index contributed by atoms with van der Waals surface area (Å²) in [7, 11) is 1.57. The molecule has 3 aromatic carbocycles. The highest BCUT2D eigenvalue weighted by atomic mass is 16.5. The molecule has 1 atom stereocenters. The minimum absolute atomic E-state index is 0.0882. The average molecular weight is 487 g/mol. The highest BCUT2D eigenvalue weighted by Crippen LogP contribution is 2.44. The quantitative estimate of drug-likeness (QED) is 0.278. The normalized spacial score (nSPS) is 15.0. The van der Waals surface area contributed by atoms with Gasteiger partial charge in [-0.25, -0.2) is 0 Å². The Labute approximate surface area is 207 Å². The molecule has 7 heteroatoms. The van der Waals surface area contributed by atoms with Crippen LogP contribution in [-0.2, 0) is 4.79 Å². The van der Waals surface area contributed by atoms with Crippen LogP contribution in [0.25, 0.3) is 22.1 Å². The number of phenols is 1. The van der Waals surface area contributed by atoms with Crippen molar-refractivity contribution in [2.75, 3.05) is 13.7 Å². The number of benzene rings is 3. The molecule has 184 valence electrons. The second-order valence-corrected chi connectivity index (χ2v) is 9.23. The van der Waals surface area contributed by atoms with E-state index in [-0.39, 0.29) is 23.6 Å². The number of ether oxygens (including phenoxy) is 3. The number of fused-ring (bicyclic) bond motifs is 3. The number of rotatable bonds is 6. The maximum absolute atomic E-state index is 13.4. The van der Waals surface area contributed by atoms with Gasteiger partial charge in [-0.2, -0.15) is 0 Å². The van der Waals surface area contributed by atoms with Crippen molar-refractivity contribution in [3.05, 3.63) is 82.2 Å². The molecule has 36 heavy (non-hydrogen) atoms. The number of aromatic hydroxyl groups is 1. The Morgan fingerprint density at radius 2 is 1.81 bits per heavy atom. The van der Waals surface area contributed by atoms with Gasteiger partial charge in [0.1, 0.15) is 23.3 Å². The summed E-state index contributed by atoms with van der Waals surface area (Å²) in [6.07, 6.45) is 1.50. The van der Waals surface area contributed by atoms with Crippen LogP contribution in [0, 0.1) is 5.92 Å². The first kappa shape index (κ1) is 23.5. The number of hydrogen-bond acceptors (Lipinski definition) is 7. The van der Waals surface area contributed by atoms with Gasteiger partial charge in [-0.3, -0.25) is 9.59 Å². The number of phenolic OH excluding ortho intramolecular Hbond substituents is 1. The molecule has 0 unspecified atom stereocenters. The zero-order valence-electron chi connectivity index (χ0n) is 20.2. The van der Waals surface area contributed by atoms with E-state index in [1.165, 1.54) is 18.4 Å². The third kappa shape index (κ3) is 4.28. The van der Waals surface area contributed by atoms with Crippen LogP contribution in [0.15, 0.2) is 70.1 Å². The molecule has 0 bridgehead atoms. The van der Waals surface area contributed by atoms with Gasteiger partial charge < -0.3 is 23.7 Å². The van der Waals surface area contributed by atoms with Crippen LogP contribution in [0.3, 0.4) is 0 Å². The lowest BCUT2D eigenvalue weighted by molar-refractivity contribution is -0.135. The van der Waals surface area contributed by atoms with E-state index in [9.17, 15) is 14.7 Å². The zero-order valence-corrected chi connectivity index (χ0v) is 20.2. The molecule has 1 aliphatic heterocycles. The number of carbonyl (C=O) groups is 1. The summed E-state index contributed by atoms with van der Waals surface area (Å²) in [6, 6.07) is 15.2. The van der Waals surface area contributed by atoms with Gasteiger partial charge in [-0.15, -0.1) is 0 Å². The van der Waals surface area contributed by atoms with E-state index >= 15 is 0 Å². The zero-order chi connectivity index (χ0) is 25.4. The van der Waals surface area contributed by atoms with Gasteiger partial charge in [0, 0.05) is 11.5 Å². The molecule has 0 aliphatic carbocycles. The van der Waals surface area contributed by atoms with Crippen LogP contribution >= 0.6 is 0 Å². The minimum atomic E-state index is -0.402. The molecule has 7 nitrogen and oxygen atoms in total. The van der Waals surface area contributed by atoms with Crippen molar-refractivity contribution in [2.24, 2.45) is 5.92 Å². The van der Waals surface area contributed by atoms with E-state index in [2.05, 4.69) is 13.8 Å². The van der Waals surface area contributed by atoms with E-state index in [4.69, 9.17) is 18.6 Å². The molecule has 0 spiro atoms. The smallest absolute Gasteiger partial charge is 0.312 e. The first-order valence-corrected chi connectivity index (χ1v) is 11.7. The van der Waals surface area contributed by atoms with Crippen LogP contribution in [0.2, 0.25) is 0 Å². The van der Waals surface area contributed by atoms with Gasteiger partial charge in [-0.1, -0.05) is 32.0 Å². The summed E-state index contributed by atoms with van der Waals surface area (Å²) < 4.78 is 23.0. The van der Waals surface area contributed by atoms with E-state index in [0.29, 0.717) is 57.4 Å². The third-order valence-electron chi connectivity index (χ3n) is 6.22. The van der Waals surface area contributed by atoms with Crippen molar-refractivity contribution in [2.45, 2.75) is 26.2 Å². The summed E-state index contributed by atoms with van der Waals surface area (Å²) in [5.41, 5.74) is 2.62. The molecular formula is C29H26O7. The maximum atomic E-state index is 13.4. The van der Waals surface area contributed by atoms with Gasteiger partial charge in [0.25, 0.3) is 0 Å². The van der Waals surface area contributed by atoms with Crippen LogP contribution in [0.1, 0.15) is 37.3 Å². The Bertz CT molecular complexity index is 1500. The Morgan fingerprint density at radius 1 is 1.03 bits per heavy atom. The molecule has 5 rings (SSSR count). The van der Waals surface area contributed by atoms with Crippen molar-refractivity contribution < 1.29 is 28.5 Å². The fourth-order valence-corrected chi connectivity index (χ4v) is 4.46. The molecule has 1 aromatic heterocycles. The van der Waals surface area contributed by atoms with Gasteiger partial charge >= 0.3 is 5.97 Å². The topological polar surface area (TPSA) is 95.2 Å². The lowest BCUT2D eigenvalue weighted by Gasteiger charge is -2.26. The summed E-state index contributed by atoms with van der Waals surface area (Å²) in [4.78, 5) is 25.9. The van der Waals surface area contributed by atoms with Crippen molar-refractivity contribution in [3.8, 4) is 34.1 Å². The van der Waals surface area contributed by atoms with Crippen molar-refractivity contribution >= 4 is 16.9 Å². The fourth-order valence-electron chi connectivity index (χ4n) is 4.46. The minimum Gasteiger partial charge on any atom is -0.508 e. The summed E-state index contributed by atoms with van der Waals surface area (Å²) in [6.45, 7) is 4.68. The van der Waals surface area contributed by atoms with Gasteiger partial charge in [0.05, 0.1) is 31.1 Å². The summed E-state index contributed by atoms with van der Waals surface area (Å²) in [5.74, 6) is 1.24. The Morgan fingerprint density at radius 3 is 2.53 bits per heavy atom. The first-order chi connectivity index (χ1) is 17.4. The summed E-state index contributed by atoms with van der Waals surface area (Å²) >= 11 is 0. The third-order valence-corrected chi connectivity index (χ3v) is 6.22. The standard InChI is InChI=1S/C29H26O7/c1-16(2)14-34-23-10-6-18(12-25(23)33-3)21-13-26(31)36-24-11-9-20-28(32)22(15-35-29(20)27(21)24)17-4-7-19(30)8-5-17/h4-12,15-16,21,30H,13-14H2,1-3H3/t21-/m1/s1. The Hall–Kier alpha value is -4.26. The highest BCUT2D eigenvalue weighted by Gasteiger charge is 2.32. The molecule has 1 N–H and O–H groups in total. The second-order valence-electron chi connectivity index (χ2n) is 9.23. The van der Waals surface area contributed by atoms with Crippen molar-refractivity contribution in [1.82, 2.24) is 0 Å². The van der Waals surface area contributed by atoms with Gasteiger partial charge in [0.15, 0.2) is 11.5 Å². The second kappa shape index (κ2) is 9.41. The maximum Gasteiger partial charge on any atom is 0.312 e. The van der Waals surface area contributed by atoms with E-state index < -0.39 is 5.92 Å². The van der Waals surface area contributed by atoms with Crippen molar-refractivity contribution in [3.63, 3.8) is 0 Å². The van der Waals surface area contributed by atoms with Gasteiger partial charge in [-0.05, 0) is 53.4 Å². The largest absolute Gasteiger partial charge is 0.508 e. The van der Waals surface area contributed by atoms with Crippen LogP contribution < -0.4 is 19.6 Å². The Kier molecular flexibility index (Phi) is 6.14. The monoisotopic (exact) mass is 486 g/mol. The first-order valence-electron chi connectivity index (χ1n) is 11.7. The van der Waals surface area contributed by atoms with E-state index in [1.54, 1.807) is 31.4 Å². The number of methoxy groups -OCH3 is 1. The molecule has 0 saturated carbocycles. The van der Waals surface area contributed by atoms with Crippen LogP contribution in [0.5, 0.6) is 23.0 Å². The number of carbonyl (C=O) groups excluding carboxylic acids is 1. The number of esters is 1. The molecule has 2 heterocycles. The molecule has 1 aliphatic rings. The van der Waals surface area contributed by atoms with Gasteiger partial charge in [0.2, 0.25) is 5.43 Å². The lowest BCUT2D eigenvalue weighted by atomic mass is 9.85. The molecule has 0 saturated heterocycles. The fraction of sp³-hybridized carbons (Fsp3) is 0.241. The SMILES string of the molecule is COc1cc([C@H]2CC(=O)Oc3ccc4c(=O)c(-c5ccc(O)cc5)coc4c32)ccc1OCC(C)C. The molecule has 4 aromatic rings. The predicted octanol–water partition coefficient (Wildman–Crippen LogP) is 5.65. The van der Waals surface area contributed by atoms with E-state index in [0.717, 1.165) is 5.56 Å². The number of hydrogen-bond donors (Lipinski definition) is 1. The predicted molar refractivity (Wildman–Crippen MR) is 135 cm³/mol. The van der Waals surface area contributed by atoms with Crippen LogP contribution in [-0.4, -0.2) is 24.8 Å². The molecule has 0 amide bonds. The van der Waals surface area contributed by atoms with E-state index in [1.807, 2.05) is 18.2 Å². The Balaban J connectivity index is 1.63. The summed E-state index contributed by atoms with van der Waals surface area (Å²) in [5, 5.41) is 9.97. The average Bonchev–Trinajstić information content (AvgIpc) is 2.87. The van der Waals surface area contributed by atoms with Crippen LogP contribution in [0.4, 0.5) is 0 Å².